The van der Waals surface area contributed by atoms with Crippen LogP contribution in [0.15, 0.2) is 23.0 Å². The molecule has 14 heavy (non-hydrogen) atoms. The number of hydrogen-bond donors (Lipinski definition) is 1. The number of halogens is 3. The molecule has 78 valence electrons. The summed E-state index contributed by atoms with van der Waals surface area (Å²) in [4.78, 5) is 12.8. The molecule has 3 nitrogen and oxygen atoms in total. The van der Waals surface area contributed by atoms with E-state index in [1.807, 2.05) is 0 Å². The van der Waals surface area contributed by atoms with E-state index in [2.05, 4.69) is 9.72 Å². The summed E-state index contributed by atoms with van der Waals surface area (Å²) in [6, 6.07) is 3.76. The molecule has 1 unspecified atom stereocenters. The second-order valence-corrected chi connectivity index (χ2v) is 2.68. The minimum Gasteiger partial charge on any atom is -0.466 e. The van der Waals surface area contributed by atoms with Crippen molar-refractivity contribution in [2.45, 2.75) is 19.2 Å². The lowest BCUT2D eigenvalue weighted by Gasteiger charge is -2.16. The molecule has 0 aliphatic rings. The van der Waals surface area contributed by atoms with E-state index in [9.17, 15) is 18.0 Å². The van der Waals surface area contributed by atoms with Gasteiger partial charge in [0.05, 0.1) is 0 Å². The van der Waals surface area contributed by atoms with Crippen molar-refractivity contribution in [2.75, 3.05) is 0 Å². The maximum absolute atomic E-state index is 12.0. The first-order valence-electron chi connectivity index (χ1n) is 3.82. The molecule has 1 N–H and O–H groups in total. The second kappa shape index (κ2) is 3.73. The van der Waals surface area contributed by atoms with Gasteiger partial charge in [-0.05, 0) is 13.0 Å². The van der Waals surface area contributed by atoms with Crippen LogP contribution in [-0.4, -0.2) is 17.3 Å². The van der Waals surface area contributed by atoms with E-state index in [0.29, 0.717) is 0 Å². The molecule has 1 aromatic rings. The summed E-state index contributed by atoms with van der Waals surface area (Å²) in [5, 5.41) is 0. The Bertz CT molecular complexity index is 358. The monoisotopic (exact) mass is 207 g/mol. The van der Waals surface area contributed by atoms with Gasteiger partial charge in [0.2, 0.25) is 0 Å². The standard InChI is InChI=1S/C8H8F3NO2/c1-5(8(9,10)11)14-7-4-2-3-6(13)12-7/h2-5H,1H3,(H,12,13). The first-order valence-corrected chi connectivity index (χ1v) is 3.82. The van der Waals surface area contributed by atoms with Gasteiger partial charge in [-0.25, -0.2) is 0 Å². The summed E-state index contributed by atoms with van der Waals surface area (Å²) in [7, 11) is 0. The van der Waals surface area contributed by atoms with E-state index >= 15 is 0 Å². The lowest BCUT2D eigenvalue weighted by Crippen LogP contribution is -2.31. The maximum atomic E-state index is 12.0. The van der Waals surface area contributed by atoms with Gasteiger partial charge in [-0.15, -0.1) is 0 Å². The lowest BCUT2D eigenvalue weighted by molar-refractivity contribution is -0.190. The largest absolute Gasteiger partial charge is 0.466 e. The van der Waals surface area contributed by atoms with Crippen molar-refractivity contribution in [3.8, 4) is 5.88 Å². The Kier molecular flexibility index (Phi) is 2.83. The Morgan fingerprint density at radius 2 is 2.07 bits per heavy atom. The summed E-state index contributed by atoms with van der Waals surface area (Å²) in [5.41, 5.74) is -0.503. The van der Waals surface area contributed by atoms with Crippen LogP contribution in [0.3, 0.4) is 0 Å². The van der Waals surface area contributed by atoms with Crippen LogP contribution in [0.2, 0.25) is 0 Å². The normalized spacial score (nSPS) is 13.7. The molecule has 0 saturated carbocycles. The summed E-state index contributed by atoms with van der Waals surface area (Å²) in [6.45, 7) is 0.866. The summed E-state index contributed by atoms with van der Waals surface area (Å²) < 4.78 is 40.5. The van der Waals surface area contributed by atoms with E-state index in [-0.39, 0.29) is 5.88 Å². The molecule has 0 amide bonds. The minimum absolute atomic E-state index is 0.192. The van der Waals surface area contributed by atoms with Crippen LogP contribution >= 0.6 is 0 Å². The highest BCUT2D eigenvalue weighted by atomic mass is 19.4. The van der Waals surface area contributed by atoms with Crippen LogP contribution in [0, 0.1) is 0 Å². The fraction of sp³-hybridized carbons (Fsp3) is 0.375. The number of aromatic nitrogens is 1. The van der Waals surface area contributed by atoms with Gasteiger partial charge in [0.1, 0.15) is 0 Å². The molecule has 0 radical (unpaired) electrons. The zero-order valence-corrected chi connectivity index (χ0v) is 7.26. The molecule has 1 atom stereocenters. The number of hydrogen-bond acceptors (Lipinski definition) is 2. The van der Waals surface area contributed by atoms with E-state index in [1.54, 1.807) is 0 Å². The van der Waals surface area contributed by atoms with Crippen LogP contribution in [-0.2, 0) is 0 Å². The number of H-pyrrole nitrogens is 1. The molecule has 0 saturated heterocycles. The van der Waals surface area contributed by atoms with Gasteiger partial charge < -0.3 is 4.74 Å². The molecule has 0 aliphatic heterocycles. The summed E-state index contributed by atoms with van der Waals surface area (Å²) in [5.74, 6) is -0.192. The van der Waals surface area contributed by atoms with Crippen molar-refractivity contribution >= 4 is 0 Å². The van der Waals surface area contributed by atoms with Gasteiger partial charge >= 0.3 is 6.18 Å². The topological polar surface area (TPSA) is 42.1 Å². The van der Waals surface area contributed by atoms with Crippen LogP contribution in [0.1, 0.15) is 6.92 Å². The Labute approximate surface area is 77.5 Å². The maximum Gasteiger partial charge on any atom is 0.425 e. The zero-order chi connectivity index (χ0) is 10.8. The highest BCUT2D eigenvalue weighted by molar-refractivity contribution is 5.09. The highest BCUT2D eigenvalue weighted by Gasteiger charge is 2.38. The SMILES string of the molecule is CC(Oc1cccc(=O)[nH]1)C(F)(F)F. The Hall–Kier alpha value is -1.46. The van der Waals surface area contributed by atoms with Crippen molar-refractivity contribution in [2.24, 2.45) is 0 Å². The van der Waals surface area contributed by atoms with Gasteiger partial charge in [0.15, 0.2) is 12.0 Å². The molecule has 1 aromatic heterocycles. The van der Waals surface area contributed by atoms with E-state index < -0.39 is 17.8 Å². The molecule has 0 spiro atoms. The minimum atomic E-state index is -4.44. The average molecular weight is 207 g/mol. The van der Waals surface area contributed by atoms with Gasteiger partial charge in [0, 0.05) is 6.07 Å². The molecule has 0 fully saturated rings. The fourth-order valence-electron chi connectivity index (χ4n) is 0.754. The van der Waals surface area contributed by atoms with Crippen molar-refractivity contribution in [1.82, 2.24) is 4.98 Å². The number of rotatable bonds is 2. The average Bonchev–Trinajstić information content (AvgIpc) is 2.02. The number of alkyl halides is 3. The molecular weight excluding hydrogens is 199 g/mol. The molecule has 6 heteroatoms. The molecule has 1 rings (SSSR count). The predicted molar refractivity (Wildman–Crippen MR) is 43.2 cm³/mol. The molecule has 0 bridgehead atoms. The van der Waals surface area contributed by atoms with E-state index in [4.69, 9.17) is 0 Å². The smallest absolute Gasteiger partial charge is 0.425 e. The van der Waals surface area contributed by atoms with E-state index in [1.165, 1.54) is 18.2 Å². The summed E-state index contributed by atoms with van der Waals surface area (Å²) in [6.07, 6.45) is -6.38. The number of ether oxygens (including phenoxy) is 1. The zero-order valence-electron chi connectivity index (χ0n) is 7.26. The Balaban J connectivity index is 2.75. The van der Waals surface area contributed by atoms with Gasteiger partial charge in [0.25, 0.3) is 5.56 Å². The second-order valence-electron chi connectivity index (χ2n) is 2.68. The van der Waals surface area contributed by atoms with Crippen molar-refractivity contribution in [3.63, 3.8) is 0 Å². The van der Waals surface area contributed by atoms with Crippen LogP contribution in [0.4, 0.5) is 13.2 Å². The third-order valence-electron chi connectivity index (χ3n) is 1.51. The van der Waals surface area contributed by atoms with Crippen LogP contribution < -0.4 is 10.3 Å². The molecule has 0 aromatic carbocycles. The van der Waals surface area contributed by atoms with Crippen molar-refractivity contribution in [1.29, 1.82) is 0 Å². The first kappa shape index (κ1) is 10.6. The van der Waals surface area contributed by atoms with Crippen molar-refractivity contribution < 1.29 is 17.9 Å². The molecule has 0 aliphatic carbocycles. The van der Waals surface area contributed by atoms with Crippen LogP contribution in [0.25, 0.3) is 0 Å². The number of pyridine rings is 1. The third-order valence-corrected chi connectivity index (χ3v) is 1.51. The number of nitrogens with one attached hydrogen (secondary N) is 1. The Morgan fingerprint density at radius 1 is 1.43 bits per heavy atom. The van der Waals surface area contributed by atoms with Crippen molar-refractivity contribution in [3.05, 3.63) is 28.6 Å². The fourth-order valence-corrected chi connectivity index (χ4v) is 0.754. The first-order chi connectivity index (χ1) is 6.39. The van der Waals surface area contributed by atoms with E-state index in [0.717, 1.165) is 6.92 Å². The lowest BCUT2D eigenvalue weighted by atomic mass is 10.4. The van der Waals surface area contributed by atoms with Gasteiger partial charge in [-0.1, -0.05) is 6.07 Å². The number of aromatic amines is 1. The summed E-state index contributed by atoms with van der Waals surface area (Å²) >= 11 is 0. The van der Waals surface area contributed by atoms with Crippen LogP contribution in [0.5, 0.6) is 5.88 Å². The quantitative estimate of drug-likeness (QED) is 0.801. The molecular formula is C8H8F3NO2. The predicted octanol–water partition coefficient (Wildman–Crippen LogP) is 1.70. The third kappa shape index (κ3) is 2.79. The molecule has 1 heterocycles. The van der Waals surface area contributed by atoms with Gasteiger partial charge in [-0.2, -0.15) is 13.2 Å². The Morgan fingerprint density at radius 3 is 2.57 bits per heavy atom. The van der Waals surface area contributed by atoms with Gasteiger partial charge in [-0.3, -0.25) is 9.78 Å². The highest BCUT2D eigenvalue weighted by Crippen LogP contribution is 2.23.